The molecule has 23 heavy (non-hydrogen) atoms. The molecule has 3 heterocycles. The maximum Gasteiger partial charge on any atom is 0.160 e. The van der Waals surface area contributed by atoms with E-state index in [4.69, 9.17) is 0 Å². The first-order chi connectivity index (χ1) is 11.4. The van der Waals surface area contributed by atoms with Gasteiger partial charge in [0.1, 0.15) is 12.1 Å². The molecular weight excluding hydrogens is 290 g/mol. The standard InChI is InChI=1S/C16H15N7/c1-2-4-13(5-3-1)23-10-12(8-21-23)6-7-17-15-14-9-20-22-16(14)19-11-18-15/h1-5,8-11H,6-7H2,(H2,17,18,19,20,22). The van der Waals surface area contributed by atoms with Gasteiger partial charge in [0.05, 0.1) is 23.5 Å². The second-order valence-electron chi connectivity index (χ2n) is 5.16. The minimum atomic E-state index is 0.736. The molecule has 4 rings (SSSR count). The summed E-state index contributed by atoms with van der Waals surface area (Å²) in [7, 11) is 0. The van der Waals surface area contributed by atoms with Crippen LogP contribution in [0.2, 0.25) is 0 Å². The van der Waals surface area contributed by atoms with Gasteiger partial charge >= 0.3 is 0 Å². The van der Waals surface area contributed by atoms with Crippen molar-refractivity contribution in [3.63, 3.8) is 0 Å². The van der Waals surface area contributed by atoms with Crippen LogP contribution in [-0.2, 0) is 6.42 Å². The van der Waals surface area contributed by atoms with E-state index in [1.54, 1.807) is 6.20 Å². The zero-order valence-electron chi connectivity index (χ0n) is 12.3. The summed E-state index contributed by atoms with van der Waals surface area (Å²) in [5.74, 6) is 0.791. The largest absolute Gasteiger partial charge is 0.369 e. The Kier molecular flexibility index (Phi) is 3.44. The van der Waals surface area contributed by atoms with E-state index in [0.717, 1.165) is 35.5 Å². The first-order valence-electron chi connectivity index (χ1n) is 7.37. The van der Waals surface area contributed by atoms with Crippen molar-refractivity contribution >= 4 is 16.9 Å². The van der Waals surface area contributed by atoms with E-state index in [1.807, 2.05) is 47.4 Å². The molecule has 0 bridgehead atoms. The first kappa shape index (κ1) is 13.4. The van der Waals surface area contributed by atoms with Gasteiger partial charge < -0.3 is 5.32 Å². The van der Waals surface area contributed by atoms with Crippen molar-refractivity contribution in [1.82, 2.24) is 29.9 Å². The van der Waals surface area contributed by atoms with Gasteiger partial charge in [0, 0.05) is 12.7 Å². The number of anilines is 1. The molecule has 0 atom stereocenters. The topological polar surface area (TPSA) is 84.3 Å². The first-order valence-corrected chi connectivity index (χ1v) is 7.37. The average molecular weight is 305 g/mol. The molecule has 7 heteroatoms. The van der Waals surface area contributed by atoms with Crippen molar-refractivity contribution in [1.29, 1.82) is 0 Å². The molecular formula is C16H15N7. The van der Waals surface area contributed by atoms with Crippen LogP contribution < -0.4 is 5.32 Å². The van der Waals surface area contributed by atoms with Crippen molar-refractivity contribution < 1.29 is 0 Å². The fourth-order valence-electron chi connectivity index (χ4n) is 2.44. The fraction of sp³-hybridized carbons (Fsp3) is 0.125. The molecule has 0 amide bonds. The second-order valence-corrected chi connectivity index (χ2v) is 5.16. The van der Waals surface area contributed by atoms with Gasteiger partial charge in [-0.3, -0.25) is 5.10 Å². The predicted octanol–water partition coefficient (Wildman–Crippen LogP) is 2.19. The van der Waals surface area contributed by atoms with Crippen LogP contribution in [0.25, 0.3) is 16.7 Å². The normalized spacial score (nSPS) is 11.0. The lowest BCUT2D eigenvalue weighted by Crippen LogP contribution is -2.06. The lowest BCUT2D eigenvalue weighted by Gasteiger charge is -2.04. The minimum absolute atomic E-state index is 0.736. The Labute approximate surface area is 132 Å². The number of aromatic amines is 1. The molecule has 7 nitrogen and oxygen atoms in total. The van der Waals surface area contributed by atoms with E-state index >= 15 is 0 Å². The summed E-state index contributed by atoms with van der Waals surface area (Å²) < 4.78 is 1.88. The Balaban J connectivity index is 1.42. The van der Waals surface area contributed by atoms with E-state index in [2.05, 4.69) is 30.6 Å². The molecule has 0 spiro atoms. The molecule has 0 aliphatic heterocycles. The van der Waals surface area contributed by atoms with Crippen LogP contribution in [0.15, 0.2) is 55.2 Å². The number of benzene rings is 1. The quantitative estimate of drug-likeness (QED) is 0.590. The van der Waals surface area contributed by atoms with Crippen molar-refractivity contribution in [3.8, 4) is 5.69 Å². The summed E-state index contributed by atoms with van der Waals surface area (Å²) in [6.07, 6.45) is 8.05. The van der Waals surface area contributed by atoms with Gasteiger partial charge in [-0.15, -0.1) is 0 Å². The van der Waals surface area contributed by atoms with Crippen LogP contribution >= 0.6 is 0 Å². The van der Waals surface area contributed by atoms with Crippen molar-refractivity contribution in [2.75, 3.05) is 11.9 Å². The number of hydrogen-bond acceptors (Lipinski definition) is 5. The van der Waals surface area contributed by atoms with Crippen LogP contribution in [-0.4, -0.2) is 36.5 Å². The van der Waals surface area contributed by atoms with E-state index in [9.17, 15) is 0 Å². The highest BCUT2D eigenvalue weighted by Gasteiger charge is 2.05. The van der Waals surface area contributed by atoms with Gasteiger partial charge in [-0.25, -0.2) is 14.6 Å². The van der Waals surface area contributed by atoms with E-state index in [-0.39, 0.29) is 0 Å². The number of para-hydroxylation sites is 1. The molecule has 0 fully saturated rings. The number of nitrogens with one attached hydrogen (secondary N) is 2. The summed E-state index contributed by atoms with van der Waals surface area (Å²) >= 11 is 0. The monoisotopic (exact) mass is 305 g/mol. The molecule has 0 unspecified atom stereocenters. The van der Waals surface area contributed by atoms with Gasteiger partial charge in [-0.05, 0) is 24.1 Å². The van der Waals surface area contributed by atoms with Crippen LogP contribution in [0, 0.1) is 0 Å². The molecule has 0 aliphatic carbocycles. The number of aromatic nitrogens is 6. The molecule has 1 aromatic carbocycles. The van der Waals surface area contributed by atoms with Gasteiger partial charge in [0.2, 0.25) is 0 Å². The zero-order chi connectivity index (χ0) is 15.5. The fourth-order valence-corrected chi connectivity index (χ4v) is 2.44. The smallest absolute Gasteiger partial charge is 0.160 e. The average Bonchev–Trinajstić information content (AvgIpc) is 3.25. The minimum Gasteiger partial charge on any atom is -0.369 e. The lowest BCUT2D eigenvalue weighted by atomic mass is 10.2. The van der Waals surface area contributed by atoms with Crippen LogP contribution in [0.5, 0.6) is 0 Å². The molecule has 0 saturated heterocycles. The number of H-pyrrole nitrogens is 1. The second kappa shape index (κ2) is 5.88. The highest BCUT2D eigenvalue weighted by atomic mass is 15.3. The summed E-state index contributed by atoms with van der Waals surface area (Å²) in [5, 5.41) is 15.4. The molecule has 2 N–H and O–H groups in total. The highest BCUT2D eigenvalue weighted by Crippen LogP contribution is 2.16. The molecule has 4 aromatic rings. The van der Waals surface area contributed by atoms with Gasteiger partial charge in [0.25, 0.3) is 0 Å². The summed E-state index contributed by atoms with van der Waals surface area (Å²) in [6.45, 7) is 0.762. The summed E-state index contributed by atoms with van der Waals surface area (Å²) in [6, 6.07) is 10.1. The summed E-state index contributed by atoms with van der Waals surface area (Å²) in [4.78, 5) is 8.38. The maximum atomic E-state index is 4.40. The number of hydrogen-bond donors (Lipinski definition) is 2. The maximum absolute atomic E-state index is 4.40. The Morgan fingerprint density at radius 1 is 1.09 bits per heavy atom. The lowest BCUT2D eigenvalue weighted by molar-refractivity contribution is 0.879. The van der Waals surface area contributed by atoms with Crippen molar-refractivity contribution in [2.45, 2.75) is 6.42 Å². The molecule has 0 aliphatic rings. The number of nitrogens with zero attached hydrogens (tertiary/aromatic N) is 5. The Bertz CT molecular complexity index is 910. The third-order valence-electron chi connectivity index (χ3n) is 3.61. The van der Waals surface area contributed by atoms with Gasteiger partial charge in [-0.1, -0.05) is 18.2 Å². The van der Waals surface area contributed by atoms with E-state index in [0.29, 0.717) is 0 Å². The Hall–Kier alpha value is -3.22. The zero-order valence-corrected chi connectivity index (χ0v) is 12.3. The molecule has 3 aromatic heterocycles. The Morgan fingerprint density at radius 2 is 2.00 bits per heavy atom. The van der Waals surface area contributed by atoms with Gasteiger partial charge in [0.15, 0.2) is 5.65 Å². The molecule has 0 radical (unpaired) electrons. The van der Waals surface area contributed by atoms with Crippen LogP contribution in [0.3, 0.4) is 0 Å². The SMILES string of the molecule is c1ccc(-n2cc(CCNc3ncnc4[nH]ncc34)cn2)cc1. The third kappa shape index (κ3) is 2.76. The predicted molar refractivity (Wildman–Crippen MR) is 87.4 cm³/mol. The van der Waals surface area contributed by atoms with E-state index in [1.165, 1.54) is 11.9 Å². The van der Waals surface area contributed by atoms with Gasteiger partial charge in [-0.2, -0.15) is 10.2 Å². The molecule has 114 valence electrons. The number of fused-ring (bicyclic) bond motifs is 1. The van der Waals surface area contributed by atoms with Crippen molar-refractivity contribution in [2.24, 2.45) is 0 Å². The number of rotatable bonds is 5. The van der Waals surface area contributed by atoms with Crippen LogP contribution in [0.1, 0.15) is 5.56 Å². The van der Waals surface area contributed by atoms with Crippen LogP contribution in [0.4, 0.5) is 5.82 Å². The molecule has 0 saturated carbocycles. The van der Waals surface area contributed by atoms with E-state index < -0.39 is 0 Å². The highest BCUT2D eigenvalue weighted by molar-refractivity contribution is 5.85. The van der Waals surface area contributed by atoms with Crippen molar-refractivity contribution in [3.05, 3.63) is 60.8 Å². The third-order valence-corrected chi connectivity index (χ3v) is 3.61. The summed E-state index contributed by atoms with van der Waals surface area (Å²) in [5.41, 5.74) is 2.96. The Morgan fingerprint density at radius 3 is 2.91 bits per heavy atom.